The van der Waals surface area contributed by atoms with Crippen molar-refractivity contribution in [2.45, 2.75) is 13.1 Å². The van der Waals surface area contributed by atoms with E-state index >= 15 is 0 Å². The predicted molar refractivity (Wildman–Crippen MR) is 103 cm³/mol. The summed E-state index contributed by atoms with van der Waals surface area (Å²) in [5.74, 6) is 1.21. The average Bonchev–Trinajstić information content (AvgIpc) is 2.54. The number of rotatable bonds is 7. The number of hydrogen-bond acceptors (Lipinski definition) is 4. The summed E-state index contributed by atoms with van der Waals surface area (Å²) < 4.78 is 10.6. The van der Waals surface area contributed by atoms with Crippen molar-refractivity contribution in [1.82, 2.24) is 5.32 Å². The fraction of sp³-hybridized carbons (Fsp3) is 0.333. The van der Waals surface area contributed by atoms with Crippen molar-refractivity contribution in [1.29, 1.82) is 0 Å². The smallest absolute Gasteiger partial charge is 0.179 e. The van der Waals surface area contributed by atoms with Gasteiger partial charge < -0.3 is 19.7 Å². The summed E-state index contributed by atoms with van der Waals surface area (Å²) >= 11 is 6.22. The zero-order chi connectivity index (χ0) is 16.8. The van der Waals surface area contributed by atoms with E-state index in [1.54, 1.807) is 14.2 Å². The van der Waals surface area contributed by atoms with Crippen molar-refractivity contribution in [3.63, 3.8) is 0 Å². The van der Waals surface area contributed by atoms with E-state index in [0.29, 0.717) is 23.1 Å². The molecule has 0 saturated heterocycles. The fourth-order valence-electron chi connectivity index (χ4n) is 2.34. The van der Waals surface area contributed by atoms with Gasteiger partial charge in [0.25, 0.3) is 0 Å². The van der Waals surface area contributed by atoms with Gasteiger partial charge in [-0.1, -0.05) is 23.7 Å². The monoisotopic (exact) mass is 370 g/mol. The Morgan fingerprint density at radius 1 is 0.958 bits per heavy atom. The normalized spacial score (nSPS) is 10.0. The minimum absolute atomic E-state index is 0. The SMILES string of the molecule is COc1cc(CNCc2ccc(N(C)C)cc2)cc(Cl)c1OC.Cl. The number of methoxy groups -OCH3 is 2. The van der Waals surface area contributed by atoms with E-state index in [4.69, 9.17) is 21.1 Å². The molecule has 2 rings (SSSR count). The van der Waals surface area contributed by atoms with Crippen LogP contribution < -0.4 is 19.7 Å². The summed E-state index contributed by atoms with van der Waals surface area (Å²) in [5, 5.41) is 3.97. The number of nitrogens with zero attached hydrogens (tertiary/aromatic N) is 1. The van der Waals surface area contributed by atoms with Crippen LogP contribution in [0.2, 0.25) is 5.02 Å². The molecule has 0 amide bonds. The topological polar surface area (TPSA) is 33.7 Å². The largest absolute Gasteiger partial charge is 0.493 e. The highest BCUT2D eigenvalue weighted by molar-refractivity contribution is 6.32. The molecule has 0 atom stereocenters. The van der Waals surface area contributed by atoms with E-state index in [2.05, 4.69) is 34.5 Å². The van der Waals surface area contributed by atoms with Crippen molar-refractivity contribution < 1.29 is 9.47 Å². The van der Waals surface area contributed by atoms with Crippen LogP contribution >= 0.6 is 24.0 Å². The molecule has 0 spiro atoms. The first-order valence-electron chi connectivity index (χ1n) is 7.42. The summed E-state index contributed by atoms with van der Waals surface area (Å²) in [6, 6.07) is 12.3. The lowest BCUT2D eigenvalue weighted by molar-refractivity contribution is 0.354. The molecule has 0 saturated carbocycles. The van der Waals surface area contributed by atoms with Gasteiger partial charge in [0.15, 0.2) is 11.5 Å². The molecule has 24 heavy (non-hydrogen) atoms. The van der Waals surface area contributed by atoms with Gasteiger partial charge in [0.05, 0.1) is 19.2 Å². The van der Waals surface area contributed by atoms with Crippen LogP contribution in [0.4, 0.5) is 5.69 Å². The summed E-state index contributed by atoms with van der Waals surface area (Å²) in [7, 11) is 7.26. The molecule has 6 heteroatoms. The Bertz CT molecular complexity index is 646. The standard InChI is InChI=1S/C18H23ClN2O2.ClH/c1-21(2)15-7-5-13(6-8-15)11-20-12-14-9-16(19)18(23-4)17(10-14)22-3;/h5-10,20H,11-12H2,1-4H3;1H. The fourth-order valence-corrected chi connectivity index (χ4v) is 2.65. The Kier molecular flexibility index (Phi) is 8.19. The third-order valence-corrected chi connectivity index (χ3v) is 3.89. The van der Waals surface area contributed by atoms with Crippen LogP contribution in [0, 0.1) is 0 Å². The quantitative estimate of drug-likeness (QED) is 0.793. The van der Waals surface area contributed by atoms with Gasteiger partial charge in [-0.2, -0.15) is 0 Å². The first-order valence-corrected chi connectivity index (χ1v) is 7.80. The molecule has 0 unspecified atom stereocenters. The second-order valence-electron chi connectivity index (χ2n) is 5.48. The molecule has 0 bridgehead atoms. The van der Waals surface area contributed by atoms with E-state index in [0.717, 1.165) is 12.1 Å². The first kappa shape index (κ1) is 20.4. The van der Waals surface area contributed by atoms with Crippen LogP contribution in [-0.2, 0) is 13.1 Å². The third-order valence-electron chi connectivity index (χ3n) is 3.60. The summed E-state index contributed by atoms with van der Waals surface area (Å²) in [5.41, 5.74) is 3.49. The lowest BCUT2D eigenvalue weighted by Crippen LogP contribution is -2.13. The predicted octanol–water partition coefficient (Wildman–Crippen LogP) is 4.13. The van der Waals surface area contributed by atoms with Gasteiger partial charge >= 0.3 is 0 Å². The second-order valence-corrected chi connectivity index (χ2v) is 5.88. The Morgan fingerprint density at radius 2 is 1.58 bits per heavy atom. The highest BCUT2D eigenvalue weighted by atomic mass is 35.5. The molecule has 0 fully saturated rings. The first-order chi connectivity index (χ1) is 11.0. The van der Waals surface area contributed by atoms with E-state index in [9.17, 15) is 0 Å². The molecular formula is C18H24Cl2N2O2. The zero-order valence-corrected chi connectivity index (χ0v) is 16.0. The van der Waals surface area contributed by atoms with Crippen molar-refractivity contribution in [3.05, 3.63) is 52.5 Å². The number of halogens is 2. The Hall–Kier alpha value is -1.62. The van der Waals surface area contributed by atoms with Gasteiger partial charge in [0, 0.05) is 32.9 Å². The highest BCUT2D eigenvalue weighted by Crippen LogP contribution is 2.35. The van der Waals surface area contributed by atoms with Gasteiger partial charge in [-0.15, -0.1) is 12.4 Å². The van der Waals surface area contributed by atoms with Gasteiger partial charge in [0.2, 0.25) is 0 Å². The molecule has 0 aliphatic carbocycles. The lowest BCUT2D eigenvalue weighted by atomic mass is 10.1. The molecule has 1 N–H and O–H groups in total. The number of anilines is 1. The van der Waals surface area contributed by atoms with E-state index in [-0.39, 0.29) is 12.4 Å². The highest BCUT2D eigenvalue weighted by Gasteiger charge is 2.10. The molecule has 0 aliphatic heterocycles. The maximum absolute atomic E-state index is 6.22. The average molecular weight is 371 g/mol. The third kappa shape index (κ3) is 5.20. The van der Waals surface area contributed by atoms with Gasteiger partial charge in [-0.05, 0) is 35.4 Å². The molecule has 0 aromatic heterocycles. The molecule has 4 nitrogen and oxygen atoms in total. The van der Waals surface area contributed by atoms with Crippen molar-refractivity contribution in [2.24, 2.45) is 0 Å². The van der Waals surface area contributed by atoms with Crippen LogP contribution in [0.25, 0.3) is 0 Å². The molecule has 0 aliphatic rings. The summed E-state index contributed by atoms with van der Waals surface area (Å²) in [4.78, 5) is 2.09. The van der Waals surface area contributed by atoms with E-state index in [1.165, 1.54) is 11.3 Å². The van der Waals surface area contributed by atoms with E-state index < -0.39 is 0 Å². The van der Waals surface area contributed by atoms with Crippen LogP contribution in [0.3, 0.4) is 0 Å². The minimum Gasteiger partial charge on any atom is -0.493 e. The summed E-state index contributed by atoms with van der Waals surface area (Å²) in [6.45, 7) is 1.50. The molecule has 132 valence electrons. The van der Waals surface area contributed by atoms with Crippen molar-refractivity contribution >= 4 is 29.7 Å². The van der Waals surface area contributed by atoms with Crippen LogP contribution in [-0.4, -0.2) is 28.3 Å². The van der Waals surface area contributed by atoms with Crippen LogP contribution in [0.5, 0.6) is 11.5 Å². The van der Waals surface area contributed by atoms with E-state index in [1.807, 2.05) is 26.2 Å². The molecule has 2 aromatic carbocycles. The Labute approximate surface area is 155 Å². The van der Waals surface area contributed by atoms with Gasteiger partial charge in [-0.25, -0.2) is 0 Å². The number of hydrogen-bond donors (Lipinski definition) is 1. The van der Waals surface area contributed by atoms with Crippen LogP contribution in [0.15, 0.2) is 36.4 Å². The van der Waals surface area contributed by atoms with Gasteiger partial charge in [0.1, 0.15) is 0 Å². The second kappa shape index (κ2) is 9.62. The molecule has 0 heterocycles. The van der Waals surface area contributed by atoms with Gasteiger partial charge in [-0.3, -0.25) is 0 Å². The Balaban J connectivity index is 0.00000288. The van der Waals surface area contributed by atoms with Crippen molar-refractivity contribution in [3.8, 4) is 11.5 Å². The zero-order valence-electron chi connectivity index (χ0n) is 14.4. The molecule has 2 aromatic rings. The van der Waals surface area contributed by atoms with Crippen LogP contribution in [0.1, 0.15) is 11.1 Å². The number of nitrogens with one attached hydrogen (secondary N) is 1. The number of benzene rings is 2. The molecular weight excluding hydrogens is 347 g/mol. The minimum atomic E-state index is 0. The lowest BCUT2D eigenvalue weighted by Gasteiger charge is -2.14. The maximum atomic E-state index is 6.22. The maximum Gasteiger partial charge on any atom is 0.179 e. The Morgan fingerprint density at radius 3 is 2.12 bits per heavy atom. The number of ether oxygens (including phenoxy) is 2. The van der Waals surface area contributed by atoms with Crippen molar-refractivity contribution in [2.75, 3.05) is 33.2 Å². The molecule has 0 radical (unpaired) electrons. The summed E-state index contributed by atoms with van der Waals surface area (Å²) in [6.07, 6.45) is 0.